The summed E-state index contributed by atoms with van der Waals surface area (Å²) in [7, 11) is 0. The van der Waals surface area contributed by atoms with E-state index in [4.69, 9.17) is 11.5 Å². The zero-order chi connectivity index (χ0) is 10.8. The van der Waals surface area contributed by atoms with Gasteiger partial charge >= 0.3 is 5.97 Å². The Morgan fingerprint density at radius 3 is 2.79 bits per heavy atom. The largest absolute Gasteiger partial charge is 0.480 e. The van der Waals surface area contributed by atoms with Crippen LogP contribution < -0.4 is 0 Å². The Morgan fingerprint density at radius 1 is 1.64 bits per heavy atom. The second-order valence-electron chi connectivity index (χ2n) is 3.61. The van der Waals surface area contributed by atoms with Crippen LogP contribution in [0, 0.1) is 12.3 Å². The van der Waals surface area contributed by atoms with Crippen molar-refractivity contribution in [3.8, 4) is 12.3 Å². The molecular weight excluding hydrogens is 182 g/mol. The summed E-state index contributed by atoms with van der Waals surface area (Å²) in [6.07, 6.45) is 6.21. The third-order valence-electron chi connectivity index (χ3n) is 2.66. The number of carbonyl (C=O) groups excluding carboxylic acids is 1. The highest BCUT2D eigenvalue weighted by Gasteiger charge is 2.45. The van der Waals surface area contributed by atoms with Crippen LogP contribution in [0.4, 0.5) is 0 Å². The van der Waals surface area contributed by atoms with E-state index in [0.29, 0.717) is 13.0 Å². The topological polar surface area (TPSA) is 57.6 Å². The van der Waals surface area contributed by atoms with Crippen molar-refractivity contribution in [1.29, 1.82) is 0 Å². The van der Waals surface area contributed by atoms with E-state index < -0.39 is 11.5 Å². The van der Waals surface area contributed by atoms with Gasteiger partial charge in [0, 0.05) is 6.54 Å². The predicted molar refractivity (Wildman–Crippen MR) is 50.4 cm³/mol. The van der Waals surface area contributed by atoms with Crippen molar-refractivity contribution in [3.05, 3.63) is 0 Å². The molecule has 4 nitrogen and oxygen atoms in total. The summed E-state index contributed by atoms with van der Waals surface area (Å²) in [5, 5.41) is 9.01. The number of nitrogens with zero attached hydrogens (tertiary/aromatic N) is 1. The summed E-state index contributed by atoms with van der Waals surface area (Å²) in [5.41, 5.74) is -1.06. The monoisotopic (exact) mass is 195 g/mol. The van der Waals surface area contributed by atoms with Gasteiger partial charge in [-0.3, -0.25) is 4.79 Å². The molecule has 0 aromatic rings. The van der Waals surface area contributed by atoms with E-state index in [1.165, 1.54) is 4.90 Å². The first kappa shape index (κ1) is 10.6. The molecule has 1 saturated heterocycles. The Morgan fingerprint density at radius 2 is 2.29 bits per heavy atom. The lowest BCUT2D eigenvalue weighted by molar-refractivity contribution is -0.154. The molecule has 0 spiro atoms. The second kappa shape index (κ2) is 3.70. The van der Waals surface area contributed by atoms with E-state index in [9.17, 15) is 9.59 Å². The molecule has 1 rings (SSSR count). The number of carboxylic acids is 1. The van der Waals surface area contributed by atoms with E-state index in [1.54, 1.807) is 6.92 Å². The van der Waals surface area contributed by atoms with Crippen molar-refractivity contribution in [2.75, 3.05) is 6.54 Å². The number of carboxylic acid groups (broad SMARTS) is 1. The van der Waals surface area contributed by atoms with Crippen molar-refractivity contribution in [1.82, 2.24) is 4.90 Å². The lowest BCUT2D eigenvalue weighted by Crippen LogP contribution is -2.50. The molecule has 0 saturated carbocycles. The molecule has 0 aromatic carbocycles. The molecule has 0 aromatic heterocycles. The zero-order valence-electron chi connectivity index (χ0n) is 8.12. The second-order valence-corrected chi connectivity index (χ2v) is 3.61. The summed E-state index contributed by atoms with van der Waals surface area (Å²) < 4.78 is 0. The van der Waals surface area contributed by atoms with Crippen LogP contribution >= 0.6 is 0 Å². The Kier molecular flexibility index (Phi) is 2.80. The van der Waals surface area contributed by atoms with Crippen LogP contribution in [0.1, 0.15) is 26.2 Å². The van der Waals surface area contributed by atoms with Gasteiger partial charge in [0.1, 0.15) is 5.54 Å². The molecule has 0 aliphatic carbocycles. The number of terminal acetylenes is 1. The highest BCUT2D eigenvalue weighted by atomic mass is 16.4. The standard InChI is InChI=1S/C10H13NO3/c1-3-5-8(12)11-7-4-6-10(11,2)9(13)14/h1H,4-7H2,2H3,(H,13,14). The lowest BCUT2D eigenvalue weighted by atomic mass is 9.99. The summed E-state index contributed by atoms with van der Waals surface area (Å²) in [6, 6.07) is 0. The Bertz CT molecular complexity index is 305. The fraction of sp³-hybridized carbons (Fsp3) is 0.600. The van der Waals surface area contributed by atoms with Crippen LogP contribution in [0.5, 0.6) is 0 Å². The van der Waals surface area contributed by atoms with Crippen LogP contribution in [0.2, 0.25) is 0 Å². The minimum Gasteiger partial charge on any atom is -0.480 e. The van der Waals surface area contributed by atoms with Gasteiger partial charge in [0.05, 0.1) is 6.42 Å². The number of hydrogen-bond acceptors (Lipinski definition) is 2. The van der Waals surface area contributed by atoms with Gasteiger partial charge in [0.15, 0.2) is 0 Å². The van der Waals surface area contributed by atoms with Crippen LogP contribution in [-0.2, 0) is 9.59 Å². The maximum absolute atomic E-state index is 11.5. The third-order valence-corrected chi connectivity index (χ3v) is 2.66. The van der Waals surface area contributed by atoms with Gasteiger partial charge in [-0.2, -0.15) is 0 Å². The van der Waals surface area contributed by atoms with Crippen LogP contribution in [0.25, 0.3) is 0 Å². The summed E-state index contributed by atoms with van der Waals surface area (Å²) in [5.74, 6) is 1.01. The summed E-state index contributed by atoms with van der Waals surface area (Å²) in [6.45, 7) is 2.06. The zero-order valence-corrected chi connectivity index (χ0v) is 8.12. The molecule has 1 atom stereocenters. The van der Waals surface area contributed by atoms with Crippen LogP contribution in [0.3, 0.4) is 0 Å². The maximum Gasteiger partial charge on any atom is 0.329 e. The number of rotatable bonds is 2. The number of carbonyl (C=O) groups is 2. The van der Waals surface area contributed by atoms with E-state index in [1.807, 2.05) is 0 Å². The van der Waals surface area contributed by atoms with Gasteiger partial charge in [-0.05, 0) is 19.8 Å². The quantitative estimate of drug-likeness (QED) is 0.652. The van der Waals surface area contributed by atoms with Gasteiger partial charge in [-0.1, -0.05) is 5.92 Å². The molecule has 1 unspecified atom stereocenters. The number of hydrogen-bond donors (Lipinski definition) is 1. The van der Waals surface area contributed by atoms with E-state index >= 15 is 0 Å². The van der Waals surface area contributed by atoms with Crippen molar-refractivity contribution < 1.29 is 14.7 Å². The number of amides is 1. The molecule has 0 radical (unpaired) electrons. The molecule has 1 amide bonds. The summed E-state index contributed by atoms with van der Waals surface area (Å²) >= 11 is 0. The van der Waals surface area contributed by atoms with E-state index in [0.717, 1.165) is 6.42 Å². The molecule has 0 bridgehead atoms. The number of aliphatic carboxylic acids is 1. The first-order valence-electron chi connectivity index (χ1n) is 4.49. The van der Waals surface area contributed by atoms with Crippen molar-refractivity contribution in [2.45, 2.75) is 31.7 Å². The third kappa shape index (κ3) is 1.58. The van der Waals surface area contributed by atoms with Crippen molar-refractivity contribution in [2.24, 2.45) is 0 Å². The smallest absolute Gasteiger partial charge is 0.329 e. The molecule has 76 valence electrons. The number of likely N-dealkylation sites (tertiary alicyclic amines) is 1. The lowest BCUT2D eigenvalue weighted by Gasteiger charge is -2.30. The fourth-order valence-corrected chi connectivity index (χ4v) is 1.77. The van der Waals surface area contributed by atoms with Crippen molar-refractivity contribution in [3.63, 3.8) is 0 Å². The highest BCUT2D eigenvalue weighted by molar-refractivity contribution is 5.88. The molecule has 1 N–H and O–H groups in total. The van der Waals surface area contributed by atoms with Crippen molar-refractivity contribution >= 4 is 11.9 Å². The molecule has 4 heteroatoms. The van der Waals surface area contributed by atoms with Gasteiger partial charge < -0.3 is 10.0 Å². The normalized spacial score (nSPS) is 25.9. The van der Waals surface area contributed by atoms with Gasteiger partial charge in [0.2, 0.25) is 5.91 Å². The highest BCUT2D eigenvalue weighted by Crippen LogP contribution is 2.29. The van der Waals surface area contributed by atoms with Crippen LogP contribution in [0.15, 0.2) is 0 Å². The first-order chi connectivity index (χ1) is 6.52. The van der Waals surface area contributed by atoms with Gasteiger partial charge in [-0.25, -0.2) is 4.79 Å². The average Bonchev–Trinajstić information content (AvgIpc) is 2.49. The molecule has 1 aliphatic rings. The predicted octanol–water partition coefficient (Wildman–Crippen LogP) is 0.475. The molecule has 1 heterocycles. The Labute approximate surface area is 82.9 Å². The van der Waals surface area contributed by atoms with E-state index in [2.05, 4.69) is 5.92 Å². The minimum absolute atomic E-state index is 0.0249. The molecule has 1 fully saturated rings. The summed E-state index contributed by atoms with van der Waals surface area (Å²) in [4.78, 5) is 23.9. The average molecular weight is 195 g/mol. The molecule has 14 heavy (non-hydrogen) atoms. The molecular formula is C10H13NO3. The minimum atomic E-state index is -1.06. The Balaban J connectivity index is 2.84. The van der Waals surface area contributed by atoms with Gasteiger partial charge in [-0.15, -0.1) is 6.42 Å². The van der Waals surface area contributed by atoms with Crippen LogP contribution in [-0.4, -0.2) is 34.0 Å². The molecule has 1 aliphatic heterocycles. The van der Waals surface area contributed by atoms with Gasteiger partial charge in [0.25, 0.3) is 0 Å². The SMILES string of the molecule is C#CCC(=O)N1CCCC1(C)C(=O)O. The van der Waals surface area contributed by atoms with E-state index in [-0.39, 0.29) is 12.3 Å². The maximum atomic E-state index is 11.5. The first-order valence-corrected chi connectivity index (χ1v) is 4.49. The fourth-order valence-electron chi connectivity index (χ4n) is 1.77. The Hall–Kier alpha value is -1.50.